The Kier molecular flexibility index (Phi) is 4.53. The van der Waals surface area contributed by atoms with Gasteiger partial charge in [-0.25, -0.2) is 0 Å². The van der Waals surface area contributed by atoms with Gasteiger partial charge in [0.25, 0.3) is 0 Å². The van der Waals surface area contributed by atoms with Crippen LogP contribution >= 0.6 is 0 Å². The van der Waals surface area contributed by atoms with Crippen molar-refractivity contribution in [2.75, 3.05) is 0 Å². The minimum absolute atomic E-state index is 0.164. The van der Waals surface area contributed by atoms with Crippen LogP contribution in [0.25, 0.3) is 28.2 Å². The molecule has 0 aliphatic carbocycles. The maximum absolute atomic E-state index is 12.2. The van der Waals surface area contributed by atoms with E-state index in [1.54, 1.807) is 35.6 Å². The first kappa shape index (κ1) is 16.8. The van der Waals surface area contributed by atoms with Gasteiger partial charge in [-0.1, -0.05) is 6.07 Å². The van der Waals surface area contributed by atoms with Crippen molar-refractivity contribution < 1.29 is 9.21 Å². The average molecular weight is 358 g/mol. The summed E-state index contributed by atoms with van der Waals surface area (Å²) in [6, 6.07) is 9.67. The van der Waals surface area contributed by atoms with Crippen molar-refractivity contribution in [3.63, 3.8) is 0 Å². The molecular weight excluding hydrogens is 340 g/mol. The number of fused-ring (bicyclic) bond motifs is 1. The number of benzene rings is 1. The molecule has 0 spiro atoms. The van der Waals surface area contributed by atoms with Crippen LogP contribution in [0, 0.1) is 0 Å². The number of pyridine rings is 1. The zero-order valence-corrected chi connectivity index (χ0v) is 14.8. The zero-order valence-electron chi connectivity index (χ0n) is 14.8. The first-order valence-corrected chi connectivity index (χ1v) is 8.54. The number of aromatic nitrogens is 3. The molecule has 0 fully saturated rings. The number of aryl methyl sites for hydroxylation is 1. The molecule has 4 aromatic rings. The molecule has 0 atom stereocenters. The summed E-state index contributed by atoms with van der Waals surface area (Å²) >= 11 is 0. The van der Waals surface area contributed by atoms with Gasteiger partial charge in [0.05, 0.1) is 12.5 Å². The van der Waals surface area contributed by atoms with Crippen molar-refractivity contribution in [1.82, 2.24) is 20.1 Å². The molecule has 4 rings (SSSR count). The van der Waals surface area contributed by atoms with Crippen molar-refractivity contribution in [1.29, 1.82) is 0 Å². The first-order valence-electron chi connectivity index (χ1n) is 8.54. The maximum Gasteiger partial charge on any atom is 0.244 e. The Balaban J connectivity index is 1.44. The van der Waals surface area contributed by atoms with Gasteiger partial charge in [0.2, 0.25) is 5.91 Å². The molecule has 1 amide bonds. The number of carbonyl (C=O) groups excluding carboxylic acids is 1. The summed E-state index contributed by atoms with van der Waals surface area (Å²) in [7, 11) is 1.87. The van der Waals surface area contributed by atoms with Crippen molar-refractivity contribution in [3.05, 3.63) is 78.6 Å². The molecule has 0 radical (unpaired) electrons. The molecule has 134 valence electrons. The van der Waals surface area contributed by atoms with Gasteiger partial charge in [-0.05, 0) is 41.5 Å². The van der Waals surface area contributed by atoms with Gasteiger partial charge in [0.1, 0.15) is 5.58 Å². The van der Waals surface area contributed by atoms with Gasteiger partial charge in [0.15, 0.2) is 0 Å². The maximum atomic E-state index is 12.2. The van der Waals surface area contributed by atoms with Crippen LogP contribution in [0.1, 0.15) is 11.1 Å². The molecule has 0 aliphatic heterocycles. The zero-order chi connectivity index (χ0) is 18.6. The summed E-state index contributed by atoms with van der Waals surface area (Å²) in [4.78, 5) is 16.4. The number of nitrogens with one attached hydrogen (secondary N) is 1. The van der Waals surface area contributed by atoms with Crippen molar-refractivity contribution in [2.45, 2.75) is 6.54 Å². The van der Waals surface area contributed by atoms with Crippen molar-refractivity contribution in [2.24, 2.45) is 7.05 Å². The average Bonchev–Trinajstić information content (AvgIpc) is 3.33. The normalized spacial score (nSPS) is 11.3. The van der Waals surface area contributed by atoms with Gasteiger partial charge >= 0.3 is 0 Å². The highest BCUT2D eigenvalue weighted by atomic mass is 16.3. The monoisotopic (exact) mass is 358 g/mol. The van der Waals surface area contributed by atoms with E-state index in [4.69, 9.17) is 4.42 Å². The van der Waals surface area contributed by atoms with Crippen LogP contribution in [0.15, 0.2) is 71.9 Å². The number of amides is 1. The highest BCUT2D eigenvalue weighted by Crippen LogP contribution is 2.23. The number of rotatable bonds is 5. The quantitative estimate of drug-likeness (QED) is 0.554. The van der Waals surface area contributed by atoms with Crippen LogP contribution in [-0.2, 0) is 18.4 Å². The van der Waals surface area contributed by atoms with Crippen LogP contribution in [0.3, 0.4) is 0 Å². The fourth-order valence-corrected chi connectivity index (χ4v) is 2.90. The van der Waals surface area contributed by atoms with E-state index < -0.39 is 0 Å². The van der Waals surface area contributed by atoms with Gasteiger partial charge in [-0.2, -0.15) is 5.10 Å². The van der Waals surface area contributed by atoms with Gasteiger partial charge in [0, 0.05) is 54.8 Å². The molecule has 0 saturated heterocycles. The number of carbonyl (C=O) groups is 1. The van der Waals surface area contributed by atoms with E-state index in [-0.39, 0.29) is 5.91 Å². The molecule has 0 aliphatic rings. The van der Waals surface area contributed by atoms with Gasteiger partial charge < -0.3 is 9.73 Å². The predicted molar refractivity (Wildman–Crippen MR) is 104 cm³/mol. The second kappa shape index (κ2) is 7.29. The minimum atomic E-state index is -0.164. The highest BCUT2D eigenvalue weighted by Gasteiger charge is 2.06. The Hall–Kier alpha value is -3.67. The molecule has 27 heavy (non-hydrogen) atoms. The molecule has 0 unspecified atom stereocenters. The van der Waals surface area contributed by atoms with E-state index in [0.29, 0.717) is 6.54 Å². The predicted octanol–water partition coefficient (Wildman–Crippen LogP) is 3.56. The van der Waals surface area contributed by atoms with E-state index in [9.17, 15) is 4.79 Å². The third kappa shape index (κ3) is 3.79. The lowest BCUT2D eigenvalue weighted by atomic mass is 10.0. The molecular formula is C21H18N4O2. The van der Waals surface area contributed by atoms with E-state index in [1.807, 2.05) is 43.6 Å². The molecule has 3 heterocycles. The van der Waals surface area contributed by atoms with Gasteiger partial charge in [-0.3, -0.25) is 14.5 Å². The fourth-order valence-electron chi connectivity index (χ4n) is 2.90. The lowest BCUT2D eigenvalue weighted by Crippen LogP contribution is -2.20. The SMILES string of the molecule is Cn1cc(-c2ccncc2C=CC(=O)NCc2ccc3occc3c2)cn1. The molecule has 0 saturated carbocycles. The van der Waals surface area contributed by atoms with Crippen molar-refractivity contribution >= 4 is 23.0 Å². The summed E-state index contributed by atoms with van der Waals surface area (Å²) in [6.45, 7) is 0.451. The number of hydrogen-bond donors (Lipinski definition) is 1. The Bertz CT molecular complexity index is 1120. The second-order valence-corrected chi connectivity index (χ2v) is 6.21. The van der Waals surface area contributed by atoms with E-state index in [2.05, 4.69) is 15.4 Å². The lowest BCUT2D eigenvalue weighted by Gasteiger charge is -2.04. The number of furan rings is 1. The molecule has 3 aromatic heterocycles. The van der Waals surface area contributed by atoms with E-state index in [1.165, 1.54) is 6.08 Å². The largest absolute Gasteiger partial charge is 0.464 e. The first-order chi connectivity index (χ1) is 13.2. The fraction of sp³-hybridized carbons (Fsp3) is 0.0952. The Morgan fingerprint density at radius 2 is 2.19 bits per heavy atom. The van der Waals surface area contributed by atoms with Crippen LogP contribution in [0.5, 0.6) is 0 Å². The van der Waals surface area contributed by atoms with E-state index >= 15 is 0 Å². The van der Waals surface area contributed by atoms with Crippen LogP contribution < -0.4 is 5.32 Å². The minimum Gasteiger partial charge on any atom is -0.464 e. The molecule has 6 nitrogen and oxygen atoms in total. The molecule has 1 aromatic carbocycles. The van der Waals surface area contributed by atoms with Crippen LogP contribution in [-0.4, -0.2) is 20.7 Å². The Labute approximate surface area is 156 Å². The van der Waals surface area contributed by atoms with Crippen LogP contribution in [0.4, 0.5) is 0 Å². The topological polar surface area (TPSA) is 73.0 Å². The Morgan fingerprint density at radius 3 is 3.04 bits per heavy atom. The highest BCUT2D eigenvalue weighted by molar-refractivity contribution is 5.93. The Morgan fingerprint density at radius 1 is 1.26 bits per heavy atom. The van der Waals surface area contributed by atoms with E-state index in [0.717, 1.165) is 33.2 Å². The van der Waals surface area contributed by atoms with Gasteiger partial charge in [-0.15, -0.1) is 0 Å². The summed E-state index contributed by atoms with van der Waals surface area (Å²) in [5.41, 5.74) is 4.67. The number of nitrogens with zero attached hydrogens (tertiary/aromatic N) is 3. The third-order valence-corrected chi connectivity index (χ3v) is 4.27. The molecule has 6 heteroatoms. The van der Waals surface area contributed by atoms with Crippen molar-refractivity contribution in [3.8, 4) is 11.1 Å². The smallest absolute Gasteiger partial charge is 0.244 e. The third-order valence-electron chi connectivity index (χ3n) is 4.27. The lowest BCUT2D eigenvalue weighted by molar-refractivity contribution is -0.116. The van der Waals surface area contributed by atoms with Crippen LogP contribution in [0.2, 0.25) is 0 Å². The summed E-state index contributed by atoms with van der Waals surface area (Å²) in [5.74, 6) is -0.164. The standard InChI is InChI=1S/C21H18N4O2/c1-25-14-18(13-24-25)19-6-8-22-12-17(19)3-5-21(26)23-11-15-2-4-20-16(10-15)7-9-27-20/h2-10,12-14H,11H2,1H3,(H,23,26). The molecule has 1 N–H and O–H groups in total. The second-order valence-electron chi connectivity index (χ2n) is 6.21. The number of hydrogen-bond acceptors (Lipinski definition) is 4. The molecule has 0 bridgehead atoms. The summed E-state index contributed by atoms with van der Waals surface area (Å²) < 4.78 is 7.07. The summed E-state index contributed by atoms with van der Waals surface area (Å²) in [5, 5.41) is 8.11. The summed E-state index contributed by atoms with van der Waals surface area (Å²) in [6.07, 6.45) is 12.1.